The second-order valence-electron chi connectivity index (χ2n) is 5.50. The number of hydrogen-bond donors (Lipinski definition) is 2. The fraction of sp³-hybridized carbons (Fsp3) is 0.222. The number of aromatic nitrogens is 2. The third-order valence-corrected chi connectivity index (χ3v) is 3.74. The topological polar surface area (TPSA) is 97.1 Å². The van der Waals surface area contributed by atoms with Gasteiger partial charge in [-0.3, -0.25) is 9.59 Å². The first-order chi connectivity index (χ1) is 12.2. The molecule has 3 aromatic rings. The van der Waals surface area contributed by atoms with Gasteiger partial charge in [-0.05, 0) is 18.1 Å². The van der Waals surface area contributed by atoms with Crippen molar-refractivity contribution in [3.8, 4) is 0 Å². The number of amides is 2. The fourth-order valence-corrected chi connectivity index (χ4v) is 2.38. The summed E-state index contributed by atoms with van der Waals surface area (Å²) in [7, 11) is 0. The predicted molar refractivity (Wildman–Crippen MR) is 91.8 cm³/mol. The van der Waals surface area contributed by atoms with E-state index in [1.807, 2.05) is 37.3 Å². The Hall–Kier alpha value is -3.22. The molecule has 2 amide bonds. The Balaban J connectivity index is 1.56. The minimum atomic E-state index is -0.368. The average Bonchev–Trinajstić information content (AvgIpc) is 3.07. The molecule has 7 nitrogen and oxygen atoms in total. The van der Waals surface area contributed by atoms with Crippen molar-refractivity contribution in [2.24, 2.45) is 0 Å². The Labute approximate surface area is 144 Å². The largest absolute Gasteiger partial charge is 0.350 e. The molecule has 0 saturated carbocycles. The first-order valence-electron chi connectivity index (χ1n) is 8.00. The highest BCUT2D eigenvalue weighted by atomic mass is 16.5. The van der Waals surface area contributed by atoms with E-state index in [1.54, 1.807) is 6.07 Å². The average molecular weight is 338 g/mol. The lowest BCUT2D eigenvalue weighted by Gasteiger charge is -2.07. The van der Waals surface area contributed by atoms with E-state index in [0.717, 1.165) is 11.3 Å². The zero-order valence-electron chi connectivity index (χ0n) is 13.8. The van der Waals surface area contributed by atoms with E-state index in [9.17, 15) is 9.59 Å². The highest BCUT2D eigenvalue weighted by Gasteiger charge is 2.13. The van der Waals surface area contributed by atoms with Crippen LogP contribution in [-0.4, -0.2) is 28.5 Å². The molecule has 25 heavy (non-hydrogen) atoms. The van der Waals surface area contributed by atoms with Crippen LogP contribution in [0.3, 0.4) is 0 Å². The van der Waals surface area contributed by atoms with E-state index in [2.05, 4.69) is 20.8 Å². The monoisotopic (exact) mass is 338 g/mol. The Morgan fingerprint density at radius 3 is 2.72 bits per heavy atom. The van der Waals surface area contributed by atoms with Crippen molar-refractivity contribution in [1.29, 1.82) is 0 Å². The first-order valence-corrected chi connectivity index (χ1v) is 8.00. The molecule has 1 aromatic carbocycles. The van der Waals surface area contributed by atoms with Gasteiger partial charge < -0.3 is 15.2 Å². The lowest BCUT2D eigenvalue weighted by atomic mass is 10.1. The molecule has 7 heteroatoms. The van der Waals surface area contributed by atoms with Gasteiger partial charge in [0.1, 0.15) is 0 Å². The minimum absolute atomic E-state index is 0.103. The van der Waals surface area contributed by atoms with Crippen LogP contribution >= 0.6 is 0 Å². The Bertz CT molecular complexity index is 890. The van der Waals surface area contributed by atoms with Gasteiger partial charge in [0.05, 0.1) is 23.2 Å². The van der Waals surface area contributed by atoms with Crippen molar-refractivity contribution in [2.45, 2.75) is 19.9 Å². The summed E-state index contributed by atoms with van der Waals surface area (Å²) in [5, 5.41) is 9.96. The molecule has 128 valence electrons. The van der Waals surface area contributed by atoms with Crippen LogP contribution in [0.4, 0.5) is 0 Å². The maximum atomic E-state index is 12.2. The maximum Gasteiger partial charge on any atom is 0.257 e. The summed E-state index contributed by atoms with van der Waals surface area (Å²) in [5.41, 5.74) is 2.50. The molecule has 3 rings (SSSR count). The molecule has 0 bridgehead atoms. The number of carbonyl (C=O) groups excluding carboxylic acids is 2. The molecule has 0 saturated heterocycles. The lowest BCUT2D eigenvalue weighted by molar-refractivity contribution is -0.120. The Morgan fingerprint density at radius 1 is 1.16 bits per heavy atom. The molecule has 0 spiro atoms. The quantitative estimate of drug-likeness (QED) is 0.715. The molecule has 0 radical (unpaired) electrons. The van der Waals surface area contributed by atoms with Crippen molar-refractivity contribution in [3.05, 3.63) is 59.4 Å². The molecule has 0 aliphatic rings. The standard InChI is InChI=1S/C18H18N4O3/c1-2-15-14-8-13(10-21-18(14)25-22-15)17(24)20-11-16(23)19-9-12-6-4-3-5-7-12/h3-8,10H,2,9,11H2,1H3,(H,19,23)(H,20,24). The number of nitrogens with zero attached hydrogens (tertiary/aromatic N) is 2. The van der Waals surface area contributed by atoms with Crippen LogP contribution in [0, 0.1) is 0 Å². The van der Waals surface area contributed by atoms with E-state index in [4.69, 9.17) is 4.52 Å². The summed E-state index contributed by atoms with van der Waals surface area (Å²) in [4.78, 5) is 28.1. The van der Waals surface area contributed by atoms with Gasteiger partial charge in [0.2, 0.25) is 5.91 Å². The van der Waals surface area contributed by atoms with Gasteiger partial charge in [-0.15, -0.1) is 0 Å². The number of nitrogens with one attached hydrogen (secondary N) is 2. The fourth-order valence-electron chi connectivity index (χ4n) is 2.38. The van der Waals surface area contributed by atoms with Gasteiger partial charge in [0, 0.05) is 12.7 Å². The second-order valence-corrected chi connectivity index (χ2v) is 5.50. The van der Waals surface area contributed by atoms with Crippen LogP contribution < -0.4 is 10.6 Å². The van der Waals surface area contributed by atoms with Crippen molar-refractivity contribution < 1.29 is 14.1 Å². The van der Waals surface area contributed by atoms with E-state index in [0.29, 0.717) is 29.6 Å². The molecule has 0 atom stereocenters. The summed E-state index contributed by atoms with van der Waals surface area (Å²) in [5.74, 6) is -0.627. The van der Waals surface area contributed by atoms with Gasteiger partial charge in [-0.1, -0.05) is 42.4 Å². The number of carbonyl (C=O) groups is 2. The molecule has 2 heterocycles. The van der Waals surface area contributed by atoms with E-state index in [1.165, 1.54) is 6.20 Å². The van der Waals surface area contributed by atoms with E-state index >= 15 is 0 Å². The van der Waals surface area contributed by atoms with Crippen LogP contribution in [0.15, 0.2) is 47.1 Å². The third kappa shape index (κ3) is 4.00. The smallest absolute Gasteiger partial charge is 0.257 e. The van der Waals surface area contributed by atoms with Crippen molar-refractivity contribution in [2.75, 3.05) is 6.54 Å². The third-order valence-electron chi connectivity index (χ3n) is 3.74. The van der Waals surface area contributed by atoms with E-state index in [-0.39, 0.29) is 18.4 Å². The highest BCUT2D eigenvalue weighted by molar-refractivity contribution is 5.98. The van der Waals surface area contributed by atoms with Crippen LogP contribution in [0.5, 0.6) is 0 Å². The lowest BCUT2D eigenvalue weighted by Crippen LogP contribution is -2.36. The van der Waals surface area contributed by atoms with Crippen LogP contribution in [0.1, 0.15) is 28.5 Å². The Kier molecular flexibility index (Phi) is 5.03. The minimum Gasteiger partial charge on any atom is -0.350 e. The molecular weight excluding hydrogens is 320 g/mol. The molecular formula is C18H18N4O3. The maximum absolute atomic E-state index is 12.2. The van der Waals surface area contributed by atoms with Gasteiger partial charge in [-0.25, -0.2) is 4.98 Å². The molecule has 0 fully saturated rings. The number of aryl methyl sites for hydroxylation is 1. The molecule has 2 aromatic heterocycles. The van der Waals surface area contributed by atoms with Crippen LogP contribution in [0.25, 0.3) is 11.1 Å². The number of fused-ring (bicyclic) bond motifs is 1. The van der Waals surface area contributed by atoms with Crippen LogP contribution in [0.2, 0.25) is 0 Å². The second kappa shape index (κ2) is 7.57. The number of hydrogen-bond acceptors (Lipinski definition) is 5. The van der Waals surface area contributed by atoms with Gasteiger partial charge in [0.25, 0.3) is 11.6 Å². The summed E-state index contributed by atoms with van der Waals surface area (Å²) >= 11 is 0. The SMILES string of the molecule is CCc1noc2ncc(C(=O)NCC(=O)NCc3ccccc3)cc12. The van der Waals surface area contributed by atoms with Gasteiger partial charge in [-0.2, -0.15) is 0 Å². The molecule has 0 aliphatic carbocycles. The predicted octanol–water partition coefficient (Wildman–Crippen LogP) is 1.83. The highest BCUT2D eigenvalue weighted by Crippen LogP contribution is 2.18. The summed E-state index contributed by atoms with van der Waals surface area (Å²) in [6.45, 7) is 2.26. The number of benzene rings is 1. The molecule has 0 aliphatic heterocycles. The number of rotatable bonds is 6. The molecule has 0 unspecified atom stereocenters. The van der Waals surface area contributed by atoms with Crippen LogP contribution in [-0.2, 0) is 17.8 Å². The summed E-state index contributed by atoms with van der Waals surface area (Å²) in [6.07, 6.45) is 2.09. The van der Waals surface area contributed by atoms with Crippen molar-refractivity contribution in [1.82, 2.24) is 20.8 Å². The Morgan fingerprint density at radius 2 is 1.96 bits per heavy atom. The van der Waals surface area contributed by atoms with Crippen molar-refractivity contribution in [3.63, 3.8) is 0 Å². The zero-order chi connectivity index (χ0) is 17.6. The number of pyridine rings is 1. The summed E-state index contributed by atoms with van der Waals surface area (Å²) < 4.78 is 5.09. The normalized spacial score (nSPS) is 10.6. The first kappa shape index (κ1) is 16.6. The van der Waals surface area contributed by atoms with E-state index < -0.39 is 0 Å². The molecule has 2 N–H and O–H groups in total. The zero-order valence-corrected chi connectivity index (χ0v) is 13.8. The van der Waals surface area contributed by atoms with Crippen molar-refractivity contribution >= 4 is 22.9 Å². The van der Waals surface area contributed by atoms with Gasteiger partial charge in [0.15, 0.2) is 0 Å². The van der Waals surface area contributed by atoms with Gasteiger partial charge >= 0.3 is 0 Å². The summed E-state index contributed by atoms with van der Waals surface area (Å²) in [6, 6.07) is 11.2.